The lowest BCUT2D eigenvalue weighted by Gasteiger charge is -2.21. The van der Waals surface area contributed by atoms with Gasteiger partial charge in [0, 0.05) is 0 Å². The summed E-state index contributed by atoms with van der Waals surface area (Å²) in [5.41, 5.74) is 5.01. The van der Waals surface area contributed by atoms with Gasteiger partial charge >= 0.3 is 0 Å². The Morgan fingerprint density at radius 1 is 1.26 bits per heavy atom. The van der Waals surface area contributed by atoms with Gasteiger partial charge in [-0.15, -0.1) is 0 Å². The van der Waals surface area contributed by atoms with Crippen LogP contribution in [-0.2, 0) is 4.79 Å². The highest BCUT2D eigenvalue weighted by atomic mass is 16.3. The maximum absolute atomic E-state index is 11.9. The molecule has 2 amide bonds. The number of rotatable bonds is 4. The van der Waals surface area contributed by atoms with Crippen molar-refractivity contribution < 1.29 is 14.7 Å². The van der Waals surface area contributed by atoms with Gasteiger partial charge in [0.15, 0.2) is 0 Å². The Hall–Kier alpha value is -1.88. The van der Waals surface area contributed by atoms with E-state index in [1.807, 2.05) is 0 Å². The number of nitrogens with two attached hydrogens (primary N) is 1. The molecule has 0 bridgehead atoms. The smallest absolute Gasteiger partial charge is 0.250 e. The van der Waals surface area contributed by atoms with Gasteiger partial charge in [-0.25, -0.2) is 0 Å². The zero-order chi connectivity index (χ0) is 13.9. The van der Waals surface area contributed by atoms with Gasteiger partial charge in [0.25, 0.3) is 5.91 Å². The number of aliphatic hydroxyl groups is 1. The van der Waals surface area contributed by atoms with E-state index < -0.39 is 11.5 Å². The predicted molar refractivity (Wildman–Crippen MR) is 71.6 cm³/mol. The fourth-order valence-electron chi connectivity index (χ4n) is 2.51. The third kappa shape index (κ3) is 3.32. The first-order valence-corrected chi connectivity index (χ1v) is 6.41. The summed E-state index contributed by atoms with van der Waals surface area (Å²) in [6, 6.07) is 6.57. The summed E-state index contributed by atoms with van der Waals surface area (Å²) < 4.78 is 0. The maximum Gasteiger partial charge on any atom is 0.250 e. The van der Waals surface area contributed by atoms with Gasteiger partial charge in [-0.05, 0) is 25.0 Å². The molecule has 0 atom stereocenters. The molecule has 1 fully saturated rings. The maximum atomic E-state index is 11.9. The molecule has 5 nitrogen and oxygen atoms in total. The van der Waals surface area contributed by atoms with Crippen LogP contribution in [0.1, 0.15) is 42.5 Å². The number of para-hydroxylation sites is 1. The molecule has 1 aromatic carbocycles. The minimum absolute atomic E-state index is 0.0557. The van der Waals surface area contributed by atoms with E-state index in [4.69, 9.17) is 5.73 Å². The second-order valence-corrected chi connectivity index (χ2v) is 5.07. The van der Waals surface area contributed by atoms with Crippen molar-refractivity contribution in [1.82, 2.24) is 0 Å². The summed E-state index contributed by atoms with van der Waals surface area (Å²) in [4.78, 5) is 23.2. The van der Waals surface area contributed by atoms with Crippen molar-refractivity contribution in [2.45, 2.75) is 37.7 Å². The van der Waals surface area contributed by atoms with Crippen LogP contribution in [0.15, 0.2) is 24.3 Å². The van der Waals surface area contributed by atoms with Crippen LogP contribution < -0.4 is 11.1 Å². The summed E-state index contributed by atoms with van der Waals surface area (Å²) in [5, 5.41) is 12.8. The first kappa shape index (κ1) is 13.5. The van der Waals surface area contributed by atoms with E-state index in [1.165, 1.54) is 0 Å². The van der Waals surface area contributed by atoms with Gasteiger partial charge in [0.05, 0.1) is 23.3 Å². The highest BCUT2D eigenvalue weighted by Crippen LogP contribution is 2.32. The predicted octanol–water partition coefficient (Wildman–Crippen LogP) is 1.42. The Balaban J connectivity index is 2.05. The summed E-state index contributed by atoms with van der Waals surface area (Å²) in [5.74, 6) is -0.881. The Morgan fingerprint density at radius 3 is 2.53 bits per heavy atom. The van der Waals surface area contributed by atoms with E-state index in [-0.39, 0.29) is 17.9 Å². The first-order chi connectivity index (χ1) is 9.00. The molecule has 0 heterocycles. The van der Waals surface area contributed by atoms with Crippen molar-refractivity contribution in [3.63, 3.8) is 0 Å². The molecule has 0 aromatic heterocycles. The third-order valence-electron chi connectivity index (χ3n) is 3.49. The van der Waals surface area contributed by atoms with Gasteiger partial charge < -0.3 is 16.2 Å². The Morgan fingerprint density at radius 2 is 1.89 bits per heavy atom. The number of carbonyl (C=O) groups is 2. The van der Waals surface area contributed by atoms with E-state index >= 15 is 0 Å². The van der Waals surface area contributed by atoms with Gasteiger partial charge in [0.2, 0.25) is 5.91 Å². The summed E-state index contributed by atoms with van der Waals surface area (Å²) in [6.07, 6.45) is 3.25. The Labute approximate surface area is 111 Å². The lowest BCUT2D eigenvalue weighted by Crippen LogP contribution is -2.31. The molecule has 1 aliphatic carbocycles. The first-order valence-electron chi connectivity index (χ1n) is 6.41. The van der Waals surface area contributed by atoms with E-state index in [2.05, 4.69) is 5.32 Å². The van der Waals surface area contributed by atoms with E-state index in [1.54, 1.807) is 24.3 Å². The molecule has 4 N–H and O–H groups in total. The van der Waals surface area contributed by atoms with Crippen molar-refractivity contribution in [2.24, 2.45) is 5.73 Å². The second kappa shape index (κ2) is 5.40. The minimum atomic E-state index is -0.897. The number of anilines is 1. The third-order valence-corrected chi connectivity index (χ3v) is 3.49. The number of carbonyl (C=O) groups excluding carboxylic acids is 2. The average Bonchev–Trinajstić information content (AvgIpc) is 2.75. The number of primary amides is 1. The zero-order valence-electron chi connectivity index (χ0n) is 10.7. The number of amides is 2. The van der Waals surface area contributed by atoms with Crippen molar-refractivity contribution in [1.29, 1.82) is 0 Å². The molecule has 0 radical (unpaired) electrons. The van der Waals surface area contributed by atoms with Gasteiger partial charge in [0.1, 0.15) is 0 Å². The molecule has 0 saturated heterocycles. The summed E-state index contributed by atoms with van der Waals surface area (Å²) >= 11 is 0. The fraction of sp³-hybridized carbons (Fsp3) is 0.429. The Bertz CT molecular complexity index is 493. The van der Waals surface area contributed by atoms with E-state index in [0.29, 0.717) is 18.5 Å². The van der Waals surface area contributed by atoms with Crippen LogP contribution in [0.25, 0.3) is 0 Å². The van der Waals surface area contributed by atoms with Gasteiger partial charge in [-0.1, -0.05) is 25.0 Å². The zero-order valence-corrected chi connectivity index (χ0v) is 10.7. The van der Waals surface area contributed by atoms with Gasteiger partial charge in [-0.3, -0.25) is 9.59 Å². The van der Waals surface area contributed by atoms with Crippen LogP contribution in [0.5, 0.6) is 0 Å². The van der Waals surface area contributed by atoms with Crippen molar-refractivity contribution >= 4 is 17.5 Å². The normalized spacial score (nSPS) is 17.1. The van der Waals surface area contributed by atoms with Crippen molar-refractivity contribution in [3.8, 4) is 0 Å². The molecule has 0 spiro atoms. The Kier molecular flexibility index (Phi) is 3.85. The lowest BCUT2D eigenvalue weighted by atomic mass is 9.97. The van der Waals surface area contributed by atoms with Crippen molar-refractivity contribution in [2.75, 3.05) is 5.32 Å². The van der Waals surface area contributed by atoms with Crippen LogP contribution in [0.2, 0.25) is 0 Å². The summed E-state index contributed by atoms with van der Waals surface area (Å²) in [6.45, 7) is 0. The molecule has 102 valence electrons. The number of benzene rings is 1. The molecule has 1 aliphatic rings. The average molecular weight is 262 g/mol. The SMILES string of the molecule is NC(=O)c1ccccc1NC(=O)CC1(O)CCCC1. The van der Waals surface area contributed by atoms with Crippen LogP contribution in [0.4, 0.5) is 5.69 Å². The molecule has 2 rings (SSSR count). The molecule has 1 aromatic rings. The van der Waals surface area contributed by atoms with Crippen molar-refractivity contribution in [3.05, 3.63) is 29.8 Å². The monoisotopic (exact) mass is 262 g/mol. The molecule has 19 heavy (non-hydrogen) atoms. The molecular formula is C14H18N2O3. The highest BCUT2D eigenvalue weighted by molar-refractivity contribution is 6.03. The highest BCUT2D eigenvalue weighted by Gasteiger charge is 2.33. The van der Waals surface area contributed by atoms with Crippen LogP contribution in [0.3, 0.4) is 0 Å². The van der Waals surface area contributed by atoms with Crippen LogP contribution >= 0.6 is 0 Å². The van der Waals surface area contributed by atoms with Gasteiger partial charge in [-0.2, -0.15) is 0 Å². The fourth-order valence-corrected chi connectivity index (χ4v) is 2.51. The van der Waals surface area contributed by atoms with E-state index in [0.717, 1.165) is 12.8 Å². The second-order valence-electron chi connectivity index (χ2n) is 5.07. The lowest BCUT2D eigenvalue weighted by molar-refractivity contribution is -0.120. The quantitative estimate of drug-likeness (QED) is 0.766. The molecular weight excluding hydrogens is 244 g/mol. The summed E-state index contributed by atoms with van der Waals surface area (Å²) in [7, 11) is 0. The topological polar surface area (TPSA) is 92.4 Å². The number of nitrogens with one attached hydrogen (secondary N) is 1. The number of hydrogen-bond acceptors (Lipinski definition) is 3. The minimum Gasteiger partial charge on any atom is -0.389 e. The standard InChI is InChI=1S/C14H18N2O3/c15-13(18)10-5-1-2-6-11(10)16-12(17)9-14(19)7-3-4-8-14/h1-2,5-6,19H,3-4,7-9H2,(H2,15,18)(H,16,17). The van der Waals surface area contributed by atoms with E-state index in [9.17, 15) is 14.7 Å². The van der Waals surface area contributed by atoms with Crippen LogP contribution in [0, 0.1) is 0 Å². The number of hydrogen-bond donors (Lipinski definition) is 3. The largest absolute Gasteiger partial charge is 0.389 e. The molecule has 5 heteroatoms. The molecule has 0 unspecified atom stereocenters. The molecule has 1 saturated carbocycles. The molecule has 0 aliphatic heterocycles. The van der Waals surface area contributed by atoms with Crippen LogP contribution in [-0.4, -0.2) is 22.5 Å².